The zero-order chi connectivity index (χ0) is 22.8. The summed E-state index contributed by atoms with van der Waals surface area (Å²) in [5.41, 5.74) is 1.90. The Morgan fingerprint density at radius 1 is 1.09 bits per heavy atom. The standard InChI is InChI=1S/C24H23ClF2N6/c25-17-7-3-9-19(27)21(17)23-31-20-13-30-24(29-12-16-6-1-2-8-18(16)26)32-22(20)33(23)14-15-5-4-10-28-11-15/h1-3,6-9,13,15,28H,4-5,10-12,14H2,(H,29,30,32)/t15-/m0/s1. The van der Waals surface area contributed by atoms with Crippen LogP contribution in [0.5, 0.6) is 0 Å². The SMILES string of the molecule is Fc1ccccc1CNc1ncc2nc(-c3c(F)cccc3Cl)n(C[C@H]3CCCNC3)c2n1. The summed E-state index contributed by atoms with van der Waals surface area (Å²) < 4.78 is 30.7. The lowest BCUT2D eigenvalue weighted by atomic mass is 9.99. The summed E-state index contributed by atoms with van der Waals surface area (Å²) >= 11 is 6.38. The quantitative estimate of drug-likeness (QED) is 0.415. The van der Waals surface area contributed by atoms with E-state index in [1.165, 1.54) is 12.1 Å². The summed E-state index contributed by atoms with van der Waals surface area (Å²) in [7, 11) is 0. The summed E-state index contributed by atoms with van der Waals surface area (Å²) in [6.07, 6.45) is 3.73. The molecule has 1 saturated heterocycles. The molecule has 5 rings (SSSR count). The van der Waals surface area contributed by atoms with Gasteiger partial charge in [0.15, 0.2) is 5.65 Å². The van der Waals surface area contributed by atoms with Crippen LogP contribution in [0.15, 0.2) is 48.7 Å². The van der Waals surface area contributed by atoms with Crippen molar-refractivity contribution >= 4 is 28.7 Å². The maximum absolute atomic E-state index is 14.8. The number of anilines is 1. The van der Waals surface area contributed by atoms with Gasteiger partial charge >= 0.3 is 0 Å². The van der Waals surface area contributed by atoms with Crippen molar-refractivity contribution in [2.45, 2.75) is 25.9 Å². The van der Waals surface area contributed by atoms with Gasteiger partial charge in [0.1, 0.15) is 23.0 Å². The minimum absolute atomic E-state index is 0.241. The Balaban J connectivity index is 1.55. The minimum Gasteiger partial charge on any atom is -0.350 e. The van der Waals surface area contributed by atoms with E-state index in [1.807, 2.05) is 4.57 Å². The molecule has 9 heteroatoms. The normalized spacial score (nSPS) is 16.3. The number of aromatic nitrogens is 4. The van der Waals surface area contributed by atoms with Gasteiger partial charge in [0, 0.05) is 18.7 Å². The number of nitrogens with one attached hydrogen (secondary N) is 2. The molecule has 0 radical (unpaired) electrons. The molecule has 0 spiro atoms. The van der Waals surface area contributed by atoms with E-state index in [4.69, 9.17) is 11.6 Å². The van der Waals surface area contributed by atoms with Crippen LogP contribution >= 0.6 is 11.6 Å². The highest BCUT2D eigenvalue weighted by atomic mass is 35.5. The Morgan fingerprint density at radius 3 is 2.73 bits per heavy atom. The highest BCUT2D eigenvalue weighted by Crippen LogP contribution is 2.33. The molecule has 0 amide bonds. The van der Waals surface area contributed by atoms with Gasteiger partial charge in [0.2, 0.25) is 5.95 Å². The molecule has 33 heavy (non-hydrogen) atoms. The summed E-state index contributed by atoms with van der Waals surface area (Å²) in [5, 5.41) is 6.79. The van der Waals surface area contributed by atoms with Gasteiger partial charge in [-0.05, 0) is 50.0 Å². The van der Waals surface area contributed by atoms with Crippen LogP contribution in [0.4, 0.5) is 14.7 Å². The largest absolute Gasteiger partial charge is 0.350 e. The number of hydrogen-bond donors (Lipinski definition) is 2. The van der Waals surface area contributed by atoms with Crippen molar-refractivity contribution in [1.29, 1.82) is 0 Å². The summed E-state index contributed by atoms with van der Waals surface area (Å²) in [6.45, 7) is 2.73. The van der Waals surface area contributed by atoms with Crippen LogP contribution < -0.4 is 10.6 Å². The topological polar surface area (TPSA) is 67.7 Å². The van der Waals surface area contributed by atoms with E-state index in [9.17, 15) is 8.78 Å². The van der Waals surface area contributed by atoms with E-state index in [-0.39, 0.29) is 17.9 Å². The van der Waals surface area contributed by atoms with Crippen molar-refractivity contribution < 1.29 is 8.78 Å². The minimum atomic E-state index is -0.438. The number of rotatable bonds is 6. The Kier molecular flexibility index (Phi) is 6.20. The molecule has 1 aliphatic heterocycles. The fraction of sp³-hybridized carbons (Fsp3) is 0.292. The molecule has 0 saturated carbocycles. The Hall–Kier alpha value is -3.10. The van der Waals surface area contributed by atoms with Gasteiger partial charge in [0.05, 0.1) is 16.8 Å². The monoisotopic (exact) mass is 468 g/mol. The third kappa shape index (κ3) is 4.54. The third-order valence-corrected chi connectivity index (χ3v) is 6.22. The first-order chi connectivity index (χ1) is 16.1. The number of hydrogen-bond acceptors (Lipinski definition) is 5. The van der Waals surface area contributed by atoms with E-state index in [0.29, 0.717) is 46.0 Å². The number of piperidine rings is 1. The van der Waals surface area contributed by atoms with Gasteiger partial charge in [-0.3, -0.25) is 0 Å². The number of imidazole rings is 1. The number of fused-ring (bicyclic) bond motifs is 1. The molecule has 6 nitrogen and oxygen atoms in total. The first-order valence-electron chi connectivity index (χ1n) is 11.0. The van der Waals surface area contributed by atoms with Gasteiger partial charge in [-0.2, -0.15) is 4.98 Å². The van der Waals surface area contributed by atoms with Gasteiger partial charge in [-0.25, -0.2) is 18.7 Å². The lowest BCUT2D eigenvalue weighted by Crippen LogP contribution is -2.32. The molecule has 4 aromatic rings. The molecule has 2 N–H and O–H groups in total. The molecule has 2 aromatic carbocycles. The zero-order valence-corrected chi connectivity index (χ0v) is 18.6. The molecule has 170 valence electrons. The average Bonchev–Trinajstić information content (AvgIpc) is 3.16. The highest BCUT2D eigenvalue weighted by molar-refractivity contribution is 6.33. The summed E-state index contributed by atoms with van der Waals surface area (Å²) in [4.78, 5) is 13.6. The van der Waals surface area contributed by atoms with E-state index < -0.39 is 5.82 Å². The van der Waals surface area contributed by atoms with Crippen LogP contribution in [0.1, 0.15) is 18.4 Å². The van der Waals surface area contributed by atoms with Crippen molar-refractivity contribution in [3.8, 4) is 11.4 Å². The lowest BCUT2D eigenvalue weighted by molar-refractivity contribution is 0.341. The number of benzene rings is 2. The second-order valence-corrected chi connectivity index (χ2v) is 8.61. The van der Waals surface area contributed by atoms with Gasteiger partial charge in [0.25, 0.3) is 0 Å². The number of nitrogens with zero attached hydrogens (tertiary/aromatic N) is 4. The van der Waals surface area contributed by atoms with E-state index >= 15 is 0 Å². The average molecular weight is 469 g/mol. The Morgan fingerprint density at radius 2 is 1.94 bits per heavy atom. The highest BCUT2D eigenvalue weighted by Gasteiger charge is 2.23. The van der Waals surface area contributed by atoms with Gasteiger partial charge in [-0.1, -0.05) is 35.9 Å². The maximum atomic E-state index is 14.8. The first kappa shape index (κ1) is 21.7. The molecule has 0 unspecified atom stereocenters. The van der Waals surface area contributed by atoms with Crippen LogP contribution in [0.3, 0.4) is 0 Å². The molecule has 3 heterocycles. The zero-order valence-electron chi connectivity index (χ0n) is 17.9. The smallest absolute Gasteiger partial charge is 0.225 e. The molecular weight excluding hydrogens is 446 g/mol. The molecule has 0 aliphatic carbocycles. The maximum Gasteiger partial charge on any atom is 0.225 e. The predicted octanol–water partition coefficient (Wildman–Crippen LogP) is 5.04. The van der Waals surface area contributed by atoms with Crippen molar-refractivity contribution in [1.82, 2.24) is 24.8 Å². The number of halogens is 3. The molecular formula is C24H23ClF2N6. The molecule has 1 aliphatic rings. The second-order valence-electron chi connectivity index (χ2n) is 8.20. The fourth-order valence-electron chi connectivity index (χ4n) is 4.23. The van der Waals surface area contributed by atoms with Crippen molar-refractivity contribution in [2.24, 2.45) is 5.92 Å². The van der Waals surface area contributed by atoms with E-state index in [0.717, 1.165) is 25.9 Å². The van der Waals surface area contributed by atoms with Crippen molar-refractivity contribution in [3.05, 3.63) is 70.9 Å². The predicted molar refractivity (Wildman–Crippen MR) is 125 cm³/mol. The molecule has 0 bridgehead atoms. The lowest BCUT2D eigenvalue weighted by Gasteiger charge is -2.24. The van der Waals surface area contributed by atoms with Crippen molar-refractivity contribution in [2.75, 3.05) is 18.4 Å². The molecule has 1 fully saturated rings. The van der Waals surface area contributed by atoms with Crippen LogP contribution in [0.2, 0.25) is 5.02 Å². The van der Waals surface area contributed by atoms with Crippen molar-refractivity contribution in [3.63, 3.8) is 0 Å². The van der Waals surface area contributed by atoms with Crippen LogP contribution in [0, 0.1) is 17.6 Å². The summed E-state index contributed by atoms with van der Waals surface area (Å²) in [5.74, 6) is 0.397. The fourth-order valence-corrected chi connectivity index (χ4v) is 4.48. The molecule has 2 aromatic heterocycles. The molecule has 1 atom stereocenters. The van der Waals surface area contributed by atoms with E-state index in [1.54, 1.807) is 36.5 Å². The second kappa shape index (κ2) is 9.41. The van der Waals surface area contributed by atoms with Crippen LogP contribution in [-0.4, -0.2) is 32.6 Å². The van der Waals surface area contributed by atoms with Crippen LogP contribution in [0.25, 0.3) is 22.6 Å². The Labute approximate surface area is 195 Å². The third-order valence-electron chi connectivity index (χ3n) is 5.91. The first-order valence-corrected chi connectivity index (χ1v) is 11.3. The van der Waals surface area contributed by atoms with E-state index in [2.05, 4.69) is 25.6 Å². The Bertz CT molecular complexity index is 1270. The van der Waals surface area contributed by atoms with Crippen LogP contribution in [-0.2, 0) is 13.1 Å². The van der Waals surface area contributed by atoms with Gasteiger partial charge in [-0.15, -0.1) is 0 Å². The van der Waals surface area contributed by atoms with Gasteiger partial charge < -0.3 is 15.2 Å². The summed E-state index contributed by atoms with van der Waals surface area (Å²) in [6, 6.07) is 11.2.